The Morgan fingerprint density at radius 3 is 2.08 bits per heavy atom. The summed E-state index contributed by atoms with van der Waals surface area (Å²) in [7, 11) is 3.29. The molecule has 1 saturated carbocycles. The van der Waals surface area contributed by atoms with Gasteiger partial charge in [0.15, 0.2) is 0 Å². The van der Waals surface area contributed by atoms with Gasteiger partial charge in [0, 0.05) is 38.6 Å². The second-order valence-corrected chi connectivity index (χ2v) is 6.75. The lowest BCUT2D eigenvalue weighted by Crippen LogP contribution is -2.37. The number of carbonyl (C=O) groups is 2. The van der Waals surface area contributed by atoms with Gasteiger partial charge in [-0.05, 0) is 49.8 Å². The first kappa shape index (κ1) is 20.2. The average molecular weight is 362 g/mol. The number of methoxy groups -OCH3 is 2. The van der Waals surface area contributed by atoms with Crippen LogP contribution in [0.1, 0.15) is 37.7 Å². The first-order valence-electron chi connectivity index (χ1n) is 9.31. The highest BCUT2D eigenvalue weighted by molar-refractivity contribution is 5.81. The summed E-state index contributed by atoms with van der Waals surface area (Å²) in [6.45, 7) is 1.82. The van der Waals surface area contributed by atoms with E-state index in [1.807, 2.05) is 24.3 Å². The summed E-state index contributed by atoms with van der Waals surface area (Å²) in [5.41, 5.74) is 1.04. The average Bonchev–Trinajstić information content (AvgIpc) is 2.69. The molecule has 1 aliphatic carbocycles. The van der Waals surface area contributed by atoms with Gasteiger partial charge >= 0.3 is 0 Å². The fraction of sp³-hybridized carbons (Fsp3) is 0.600. The predicted molar refractivity (Wildman–Crippen MR) is 99.8 cm³/mol. The summed E-state index contributed by atoms with van der Waals surface area (Å²) in [5.74, 6) is 1.03. The normalized spacial score (nSPS) is 19.6. The van der Waals surface area contributed by atoms with E-state index in [0.717, 1.165) is 43.4 Å². The maximum atomic E-state index is 12.4. The van der Waals surface area contributed by atoms with Crippen molar-refractivity contribution in [2.24, 2.45) is 11.8 Å². The van der Waals surface area contributed by atoms with Crippen molar-refractivity contribution in [2.75, 3.05) is 27.4 Å². The van der Waals surface area contributed by atoms with Crippen molar-refractivity contribution < 1.29 is 19.1 Å². The maximum absolute atomic E-state index is 12.4. The Morgan fingerprint density at radius 2 is 1.54 bits per heavy atom. The van der Waals surface area contributed by atoms with Gasteiger partial charge in [0.1, 0.15) is 5.75 Å². The lowest BCUT2D eigenvalue weighted by molar-refractivity contribution is -0.130. The third-order valence-corrected chi connectivity index (χ3v) is 4.92. The number of nitrogens with one attached hydrogen (secondary N) is 2. The molecule has 0 heterocycles. The van der Waals surface area contributed by atoms with Gasteiger partial charge in [-0.3, -0.25) is 9.59 Å². The SMILES string of the molecule is COCCCNC(=O)C1CCC(C(=O)NCc2ccc(OC)cc2)CC1. The number of hydrogen-bond donors (Lipinski definition) is 2. The first-order chi connectivity index (χ1) is 12.6. The molecule has 0 bridgehead atoms. The van der Waals surface area contributed by atoms with Gasteiger partial charge in [-0.15, -0.1) is 0 Å². The Balaban J connectivity index is 1.67. The molecule has 1 aliphatic rings. The van der Waals surface area contributed by atoms with Crippen LogP contribution in [0.15, 0.2) is 24.3 Å². The lowest BCUT2D eigenvalue weighted by Gasteiger charge is -2.27. The monoisotopic (exact) mass is 362 g/mol. The van der Waals surface area contributed by atoms with Gasteiger partial charge in [-0.1, -0.05) is 12.1 Å². The molecular weight excluding hydrogens is 332 g/mol. The van der Waals surface area contributed by atoms with Crippen LogP contribution in [-0.2, 0) is 20.9 Å². The van der Waals surface area contributed by atoms with Gasteiger partial charge in [-0.2, -0.15) is 0 Å². The Labute approximate surface area is 155 Å². The fourth-order valence-corrected chi connectivity index (χ4v) is 3.27. The van der Waals surface area contributed by atoms with Crippen molar-refractivity contribution >= 4 is 11.8 Å². The van der Waals surface area contributed by atoms with E-state index in [1.165, 1.54) is 0 Å². The molecule has 0 spiro atoms. The van der Waals surface area contributed by atoms with Crippen molar-refractivity contribution in [2.45, 2.75) is 38.6 Å². The van der Waals surface area contributed by atoms with E-state index in [-0.39, 0.29) is 23.7 Å². The molecule has 0 aromatic heterocycles. The quantitative estimate of drug-likeness (QED) is 0.661. The molecule has 6 heteroatoms. The smallest absolute Gasteiger partial charge is 0.223 e. The molecule has 1 fully saturated rings. The zero-order valence-corrected chi connectivity index (χ0v) is 15.8. The highest BCUT2D eigenvalue weighted by Crippen LogP contribution is 2.29. The van der Waals surface area contributed by atoms with E-state index >= 15 is 0 Å². The van der Waals surface area contributed by atoms with Crippen LogP contribution in [0.25, 0.3) is 0 Å². The number of benzene rings is 1. The Bertz CT molecular complexity index is 566. The first-order valence-corrected chi connectivity index (χ1v) is 9.31. The third kappa shape index (κ3) is 6.33. The third-order valence-electron chi connectivity index (χ3n) is 4.92. The van der Waals surface area contributed by atoms with Gasteiger partial charge in [0.05, 0.1) is 7.11 Å². The summed E-state index contributed by atoms with van der Waals surface area (Å²) in [5, 5.41) is 5.96. The number of hydrogen-bond acceptors (Lipinski definition) is 4. The van der Waals surface area contributed by atoms with Crippen LogP contribution in [0, 0.1) is 11.8 Å². The second kappa shape index (κ2) is 10.8. The van der Waals surface area contributed by atoms with Crippen LogP contribution >= 0.6 is 0 Å². The number of amides is 2. The number of rotatable bonds is 9. The molecule has 26 heavy (non-hydrogen) atoms. The van der Waals surface area contributed by atoms with Crippen molar-refractivity contribution in [1.82, 2.24) is 10.6 Å². The molecule has 0 unspecified atom stereocenters. The highest BCUT2D eigenvalue weighted by Gasteiger charge is 2.29. The van der Waals surface area contributed by atoms with Crippen molar-refractivity contribution in [3.8, 4) is 5.75 Å². The van der Waals surface area contributed by atoms with Crippen molar-refractivity contribution in [3.05, 3.63) is 29.8 Å². The van der Waals surface area contributed by atoms with E-state index in [0.29, 0.717) is 19.7 Å². The summed E-state index contributed by atoms with van der Waals surface area (Å²) in [4.78, 5) is 24.5. The van der Waals surface area contributed by atoms with E-state index in [1.54, 1.807) is 14.2 Å². The maximum Gasteiger partial charge on any atom is 0.223 e. The summed E-state index contributed by atoms with van der Waals surface area (Å²) in [6, 6.07) is 7.67. The molecule has 2 rings (SSSR count). The lowest BCUT2D eigenvalue weighted by atomic mass is 9.81. The van der Waals surface area contributed by atoms with Crippen LogP contribution < -0.4 is 15.4 Å². The summed E-state index contributed by atoms with van der Waals surface area (Å²) < 4.78 is 10.1. The zero-order valence-electron chi connectivity index (χ0n) is 15.8. The Morgan fingerprint density at radius 1 is 0.962 bits per heavy atom. The van der Waals surface area contributed by atoms with E-state index < -0.39 is 0 Å². The highest BCUT2D eigenvalue weighted by atomic mass is 16.5. The minimum Gasteiger partial charge on any atom is -0.497 e. The molecule has 2 N–H and O–H groups in total. The number of carbonyl (C=O) groups excluding carboxylic acids is 2. The summed E-state index contributed by atoms with van der Waals surface area (Å²) >= 11 is 0. The molecule has 0 saturated heterocycles. The van der Waals surface area contributed by atoms with Crippen LogP contribution in [0.4, 0.5) is 0 Å². The summed E-state index contributed by atoms with van der Waals surface area (Å²) in [6.07, 6.45) is 3.91. The molecule has 0 aliphatic heterocycles. The second-order valence-electron chi connectivity index (χ2n) is 6.75. The Hall–Kier alpha value is -2.08. The molecule has 1 aromatic rings. The van der Waals surface area contributed by atoms with E-state index in [2.05, 4.69) is 10.6 Å². The predicted octanol–water partition coefficient (Wildman–Crippen LogP) is 2.27. The minimum absolute atomic E-state index is 0.00536. The van der Waals surface area contributed by atoms with Crippen molar-refractivity contribution in [3.63, 3.8) is 0 Å². The number of ether oxygens (including phenoxy) is 2. The fourth-order valence-electron chi connectivity index (χ4n) is 3.27. The molecule has 0 radical (unpaired) electrons. The van der Waals surface area contributed by atoms with Gasteiger partial charge < -0.3 is 20.1 Å². The minimum atomic E-state index is 0.00536. The standard InChI is InChI=1S/C20H30N2O4/c1-25-13-3-12-21-19(23)16-6-8-17(9-7-16)20(24)22-14-15-4-10-18(26-2)11-5-15/h4-5,10-11,16-17H,3,6-9,12-14H2,1-2H3,(H,21,23)(H,22,24). The largest absolute Gasteiger partial charge is 0.497 e. The molecule has 2 amide bonds. The Kier molecular flexibility index (Phi) is 8.41. The van der Waals surface area contributed by atoms with Crippen LogP contribution in [0.5, 0.6) is 5.75 Å². The van der Waals surface area contributed by atoms with Gasteiger partial charge in [0.2, 0.25) is 11.8 Å². The van der Waals surface area contributed by atoms with Crippen LogP contribution in [0.2, 0.25) is 0 Å². The van der Waals surface area contributed by atoms with Crippen molar-refractivity contribution in [1.29, 1.82) is 0 Å². The molecule has 144 valence electrons. The van der Waals surface area contributed by atoms with E-state index in [9.17, 15) is 9.59 Å². The van der Waals surface area contributed by atoms with Crippen LogP contribution in [0.3, 0.4) is 0 Å². The van der Waals surface area contributed by atoms with Gasteiger partial charge in [-0.25, -0.2) is 0 Å². The molecule has 6 nitrogen and oxygen atoms in total. The molecule has 1 aromatic carbocycles. The van der Waals surface area contributed by atoms with Crippen LogP contribution in [-0.4, -0.2) is 39.2 Å². The van der Waals surface area contributed by atoms with E-state index in [4.69, 9.17) is 9.47 Å². The van der Waals surface area contributed by atoms with Gasteiger partial charge in [0.25, 0.3) is 0 Å². The molecule has 0 atom stereocenters. The zero-order chi connectivity index (χ0) is 18.8. The molecular formula is C20H30N2O4. The topological polar surface area (TPSA) is 76.7 Å².